The zero-order valence-corrected chi connectivity index (χ0v) is 21.6. The predicted octanol–water partition coefficient (Wildman–Crippen LogP) is 7.27. The molecular weight excluding hydrogens is 480 g/mol. The molecule has 184 valence electrons. The van der Waals surface area contributed by atoms with Crippen molar-refractivity contribution in [2.75, 3.05) is 5.32 Å². The molecule has 3 N–H and O–H groups in total. The molecule has 0 spiro atoms. The van der Waals surface area contributed by atoms with Crippen LogP contribution in [0.3, 0.4) is 0 Å². The van der Waals surface area contributed by atoms with Crippen LogP contribution in [0.5, 0.6) is 0 Å². The standard InChI is InChI=1S/C29H26N6OS/c1-29(2,3)13-25(36)31-20-11-19(14-30-15-20)17-7-8-23-22(12-17)27(35-34-23)28-32-24-6-4-5-21(26(24)33-28)18-9-10-37-16-18/h4-12,14-16H,13H2,1-3H3,(H,31,36)(H,32,33)(H,34,35). The topological polar surface area (TPSA) is 99.3 Å². The van der Waals surface area contributed by atoms with Gasteiger partial charge in [0.15, 0.2) is 5.82 Å². The zero-order valence-electron chi connectivity index (χ0n) is 20.8. The number of carbonyl (C=O) groups is 1. The number of amides is 1. The Morgan fingerprint density at radius 2 is 1.89 bits per heavy atom. The van der Waals surface area contributed by atoms with Crippen molar-refractivity contribution in [2.24, 2.45) is 5.41 Å². The van der Waals surface area contributed by atoms with Gasteiger partial charge in [-0.3, -0.25) is 14.9 Å². The van der Waals surface area contributed by atoms with Crippen molar-refractivity contribution < 1.29 is 4.79 Å². The lowest BCUT2D eigenvalue weighted by molar-refractivity contribution is -0.117. The molecule has 0 radical (unpaired) electrons. The van der Waals surface area contributed by atoms with E-state index < -0.39 is 0 Å². The second-order valence-corrected chi connectivity index (χ2v) is 11.2. The van der Waals surface area contributed by atoms with Crippen molar-refractivity contribution in [3.05, 3.63) is 71.7 Å². The summed E-state index contributed by atoms with van der Waals surface area (Å²) < 4.78 is 0. The Morgan fingerprint density at radius 3 is 2.70 bits per heavy atom. The molecule has 37 heavy (non-hydrogen) atoms. The highest BCUT2D eigenvalue weighted by molar-refractivity contribution is 7.08. The second kappa shape index (κ2) is 8.97. The molecule has 0 aliphatic carbocycles. The summed E-state index contributed by atoms with van der Waals surface area (Å²) in [6, 6.07) is 16.3. The minimum absolute atomic E-state index is 0.0225. The van der Waals surface area contributed by atoms with Gasteiger partial charge in [0.25, 0.3) is 0 Å². The molecule has 0 atom stereocenters. The van der Waals surface area contributed by atoms with Gasteiger partial charge in [-0.2, -0.15) is 16.4 Å². The Balaban J connectivity index is 1.36. The molecule has 8 heteroatoms. The number of pyridine rings is 1. The summed E-state index contributed by atoms with van der Waals surface area (Å²) in [6.07, 6.45) is 3.91. The van der Waals surface area contributed by atoms with Crippen LogP contribution in [0.4, 0.5) is 5.69 Å². The molecule has 0 unspecified atom stereocenters. The average Bonchev–Trinajstić information content (AvgIpc) is 3.61. The Hall–Kier alpha value is -4.30. The highest BCUT2D eigenvalue weighted by Gasteiger charge is 2.18. The van der Waals surface area contributed by atoms with Crippen LogP contribution in [0.1, 0.15) is 27.2 Å². The van der Waals surface area contributed by atoms with Crippen LogP contribution in [0.2, 0.25) is 0 Å². The normalized spacial score (nSPS) is 11.9. The number of para-hydroxylation sites is 1. The van der Waals surface area contributed by atoms with Crippen LogP contribution in [0.25, 0.3) is 55.7 Å². The van der Waals surface area contributed by atoms with Crippen molar-refractivity contribution >= 4 is 44.9 Å². The summed E-state index contributed by atoms with van der Waals surface area (Å²) >= 11 is 1.67. The van der Waals surface area contributed by atoms with Crippen LogP contribution in [-0.2, 0) is 4.79 Å². The van der Waals surface area contributed by atoms with Crippen molar-refractivity contribution in [2.45, 2.75) is 27.2 Å². The molecule has 4 heterocycles. The van der Waals surface area contributed by atoms with Crippen molar-refractivity contribution in [3.8, 4) is 33.8 Å². The zero-order chi connectivity index (χ0) is 25.6. The lowest BCUT2D eigenvalue weighted by Gasteiger charge is -2.17. The predicted molar refractivity (Wildman–Crippen MR) is 150 cm³/mol. The number of nitrogens with one attached hydrogen (secondary N) is 3. The molecule has 6 rings (SSSR count). The van der Waals surface area contributed by atoms with E-state index in [0.717, 1.165) is 49.9 Å². The van der Waals surface area contributed by atoms with E-state index in [1.165, 1.54) is 0 Å². The fraction of sp³-hybridized carbons (Fsp3) is 0.172. The third-order valence-electron chi connectivity index (χ3n) is 6.18. The first kappa shape index (κ1) is 23.1. The van der Waals surface area contributed by atoms with Gasteiger partial charge in [-0.05, 0) is 57.6 Å². The number of anilines is 1. The monoisotopic (exact) mass is 506 g/mol. The van der Waals surface area contributed by atoms with Crippen molar-refractivity contribution in [3.63, 3.8) is 0 Å². The summed E-state index contributed by atoms with van der Waals surface area (Å²) in [7, 11) is 0. The van der Waals surface area contributed by atoms with Gasteiger partial charge in [0.2, 0.25) is 5.91 Å². The Bertz CT molecular complexity index is 1740. The van der Waals surface area contributed by atoms with Gasteiger partial charge in [-0.1, -0.05) is 39.0 Å². The number of nitrogens with zero attached hydrogens (tertiary/aromatic N) is 3. The van der Waals surface area contributed by atoms with E-state index in [9.17, 15) is 4.79 Å². The molecule has 0 aliphatic rings. The summed E-state index contributed by atoms with van der Waals surface area (Å²) in [5.74, 6) is 0.688. The molecule has 0 saturated heterocycles. The number of H-pyrrole nitrogens is 2. The number of hydrogen-bond acceptors (Lipinski definition) is 5. The van der Waals surface area contributed by atoms with E-state index in [4.69, 9.17) is 4.98 Å². The first-order valence-corrected chi connectivity index (χ1v) is 13.0. The quantitative estimate of drug-likeness (QED) is 0.229. The minimum Gasteiger partial charge on any atom is -0.337 e. The minimum atomic E-state index is -0.0844. The lowest BCUT2D eigenvalue weighted by Crippen LogP contribution is -2.19. The number of carbonyl (C=O) groups excluding carboxylic acids is 1. The van der Waals surface area contributed by atoms with Gasteiger partial charge in [-0.25, -0.2) is 4.98 Å². The van der Waals surface area contributed by atoms with E-state index in [2.05, 4.69) is 54.4 Å². The molecule has 0 bridgehead atoms. The number of fused-ring (bicyclic) bond motifs is 2. The van der Waals surface area contributed by atoms with E-state index in [-0.39, 0.29) is 11.3 Å². The molecule has 6 aromatic rings. The van der Waals surface area contributed by atoms with E-state index in [1.54, 1.807) is 23.7 Å². The number of rotatable bonds is 5. The molecule has 0 saturated carbocycles. The number of benzene rings is 2. The van der Waals surface area contributed by atoms with Gasteiger partial charge >= 0.3 is 0 Å². The van der Waals surface area contributed by atoms with Gasteiger partial charge in [-0.15, -0.1) is 0 Å². The summed E-state index contributed by atoms with van der Waals surface area (Å²) in [4.78, 5) is 25.2. The van der Waals surface area contributed by atoms with E-state index in [0.29, 0.717) is 17.9 Å². The van der Waals surface area contributed by atoms with Gasteiger partial charge in [0, 0.05) is 29.1 Å². The molecular formula is C29H26N6OS. The Morgan fingerprint density at radius 1 is 1.00 bits per heavy atom. The van der Waals surface area contributed by atoms with Gasteiger partial charge < -0.3 is 10.3 Å². The highest BCUT2D eigenvalue weighted by Crippen LogP contribution is 2.34. The summed E-state index contributed by atoms with van der Waals surface area (Å²) in [5.41, 5.74) is 8.29. The largest absolute Gasteiger partial charge is 0.337 e. The average molecular weight is 507 g/mol. The first-order valence-electron chi connectivity index (χ1n) is 12.1. The summed E-state index contributed by atoms with van der Waals surface area (Å²) in [5, 5.41) is 15.9. The third-order valence-corrected chi connectivity index (χ3v) is 6.86. The third kappa shape index (κ3) is 4.63. The van der Waals surface area contributed by atoms with Crippen LogP contribution >= 0.6 is 11.3 Å². The molecule has 7 nitrogen and oxygen atoms in total. The fourth-order valence-corrected chi connectivity index (χ4v) is 5.18. The highest BCUT2D eigenvalue weighted by atomic mass is 32.1. The maximum absolute atomic E-state index is 12.4. The van der Waals surface area contributed by atoms with Gasteiger partial charge in [0.1, 0.15) is 5.69 Å². The number of aromatic nitrogens is 5. The first-order chi connectivity index (χ1) is 17.8. The fourth-order valence-electron chi connectivity index (χ4n) is 4.52. The molecule has 2 aromatic carbocycles. The molecule has 4 aromatic heterocycles. The maximum Gasteiger partial charge on any atom is 0.224 e. The van der Waals surface area contributed by atoms with E-state index in [1.807, 2.05) is 51.1 Å². The van der Waals surface area contributed by atoms with Crippen LogP contribution < -0.4 is 5.32 Å². The van der Waals surface area contributed by atoms with Crippen LogP contribution in [-0.4, -0.2) is 31.1 Å². The van der Waals surface area contributed by atoms with Crippen molar-refractivity contribution in [1.82, 2.24) is 25.1 Å². The van der Waals surface area contributed by atoms with Crippen molar-refractivity contribution in [1.29, 1.82) is 0 Å². The van der Waals surface area contributed by atoms with E-state index >= 15 is 0 Å². The van der Waals surface area contributed by atoms with Crippen LogP contribution in [0, 0.1) is 5.41 Å². The summed E-state index contributed by atoms with van der Waals surface area (Å²) in [6.45, 7) is 6.14. The van der Waals surface area contributed by atoms with Crippen LogP contribution in [0.15, 0.2) is 71.7 Å². The number of hydrogen-bond donors (Lipinski definition) is 3. The number of imidazole rings is 1. The lowest BCUT2D eigenvalue weighted by atomic mass is 9.92. The molecule has 0 fully saturated rings. The number of aromatic amines is 2. The van der Waals surface area contributed by atoms with Gasteiger partial charge in [0.05, 0.1) is 28.4 Å². The smallest absolute Gasteiger partial charge is 0.224 e. The SMILES string of the molecule is CC(C)(C)CC(=O)Nc1cncc(-c2ccc3[nH]nc(-c4nc5c(-c6ccsc6)cccc5[nH]4)c3c2)c1. The maximum atomic E-state index is 12.4. The second-order valence-electron chi connectivity index (χ2n) is 10.4. The number of thiophene rings is 1. The molecule has 0 aliphatic heterocycles. The Kier molecular flexibility index (Phi) is 5.61. The Labute approximate surface area is 218 Å². The molecule has 1 amide bonds.